The van der Waals surface area contributed by atoms with Gasteiger partial charge in [0.05, 0.1) is 24.6 Å². The van der Waals surface area contributed by atoms with Crippen molar-refractivity contribution in [1.82, 2.24) is 19.6 Å². The summed E-state index contributed by atoms with van der Waals surface area (Å²) in [6.45, 7) is -1.35. The molecule has 39 heavy (non-hydrogen) atoms. The lowest BCUT2D eigenvalue weighted by Crippen LogP contribution is -2.19. The van der Waals surface area contributed by atoms with Crippen molar-refractivity contribution < 1.29 is 26.7 Å². The molecule has 8 nitrogen and oxygen atoms in total. The number of ether oxygens (including phenoxy) is 1. The summed E-state index contributed by atoms with van der Waals surface area (Å²) in [5.41, 5.74) is -0.182. The van der Waals surface area contributed by atoms with E-state index in [9.17, 15) is 26.7 Å². The molecule has 4 aromatic rings. The van der Waals surface area contributed by atoms with E-state index in [-0.39, 0.29) is 22.8 Å². The first-order valence-electron chi connectivity index (χ1n) is 11.3. The number of allylic oxidation sites excluding steroid dienone is 1. The maximum atomic E-state index is 13.2. The number of anilines is 1. The van der Waals surface area contributed by atoms with Crippen molar-refractivity contribution in [3.8, 4) is 22.6 Å². The summed E-state index contributed by atoms with van der Waals surface area (Å²) in [7, 11) is 1.40. The van der Waals surface area contributed by atoms with Gasteiger partial charge in [-0.2, -0.15) is 32.1 Å². The van der Waals surface area contributed by atoms with Crippen LogP contribution in [-0.2, 0) is 6.18 Å². The van der Waals surface area contributed by atoms with Crippen LogP contribution in [-0.4, -0.2) is 32.4 Å². The fourth-order valence-electron chi connectivity index (χ4n) is 3.68. The van der Waals surface area contributed by atoms with Crippen LogP contribution in [0.5, 0.6) is 5.75 Å². The highest BCUT2D eigenvalue weighted by molar-refractivity contribution is 5.98. The van der Waals surface area contributed by atoms with Crippen LogP contribution in [0.4, 0.5) is 27.6 Å². The van der Waals surface area contributed by atoms with E-state index in [0.717, 1.165) is 12.1 Å². The van der Waals surface area contributed by atoms with Gasteiger partial charge in [-0.05, 0) is 48.9 Å². The van der Waals surface area contributed by atoms with E-state index in [2.05, 4.69) is 15.5 Å². The minimum atomic E-state index is -4.57. The minimum absolute atomic E-state index is 0.0103. The Labute approximate surface area is 218 Å². The number of hydrogen-bond donors (Lipinski definition) is 2. The normalized spacial score (nSPS) is 12.1. The third-order valence-electron chi connectivity index (χ3n) is 5.45. The molecule has 0 aliphatic heterocycles. The largest absolute Gasteiger partial charge is 0.494 e. The van der Waals surface area contributed by atoms with Crippen LogP contribution in [0, 0.1) is 5.41 Å². The molecule has 0 fully saturated rings. The number of hydrogen-bond acceptors (Lipinski definition) is 6. The molecule has 2 aromatic carbocycles. The number of rotatable bonds is 8. The summed E-state index contributed by atoms with van der Waals surface area (Å²) in [4.78, 5) is 12.8. The Hall–Kier alpha value is -4.81. The van der Waals surface area contributed by atoms with E-state index in [1.165, 1.54) is 61.6 Å². The van der Waals surface area contributed by atoms with E-state index >= 15 is 0 Å². The SMILES string of the molecule is COc1cc(-c2cnn(C(F)F)c2)ccc1-n1ccc(=O)c(/C(=C/C(C)=N)Nc2cccc(C(F)(F)F)c2)n1. The summed E-state index contributed by atoms with van der Waals surface area (Å²) in [6.07, 6.45) is 0.544. The molecule has 0 aliphatic rings. The standard InChI is InChI=1S/C26H21F5N6O2/c1-15(32)10-20(34-19-5-3-4-18(12-19)26(29,30)31)24-22(38)8-9-36(35-24)21-7-6-16(11-23(21)39-2)17-13-33-37(14-17)25(27)28/h3-14,25,32,34H,1-2H3/b20-10-,32-15?. The molecule has 0 radical (unpaired) electrons. The zero-order valence-electron chi connectivity index (χ0n) is 20.5. The van der Waals surface area contributed by atoms with E-state index in [0.29, 0.717) is 27.2 Å². The third kappa shape index (κ3) is 6.20. The monoisotopic (exact) mass is 544 g/mol. The first kappa shape index (κ1) is 27.2. The summed E-state index contributed by atoms with van der Waals surface area (Å²) in [5.74, 6) is 0.291. The van der Waals surface area contributed by atoms with Gasteiger partial charge in [-0.3, -0.25) is 4.79 Å². The van der Waals surface area contributed by atoms with Crippen molar-refractivity contribution in [1.29, 1.82) is 5.41 Å². The molecule has 0 unspecified atom stereocenters. The summed E-state index contributed by atoms with van der Waals surface area (Å²) in [5, 5.41) is 18.6. The van der Waals surface area contributed by atoms with E-state index in [1.807, 2.05) is 0 Å². The molecule has 0 atom stereocenters. The number of nitrogens with one attached hydrogen (secondary N) is 2. The summed E-state index contributed by atoms with van der Waals surface area (Å²) < 4.78 is 72.7. The van der Waals surface area contributed by atoms with Crippen molar-refractivity contribution in [3.05, 3.63) is 94.7 Å². The van der Waals surface area contributed by atoms with Gasteiger partial charge in [0.15, 0.2) is 5.69 Å². The second kappa shape index (κ2) is 10.9. The van der Waals surface area contributed by atoms with Crippen molar-refractivity contribution in [2.45, 2.75) is 19.6 Å². The lowest BCUT2D eigenvalue weighted by molar-refractivity contribution is -0.137. The second-order valence-electron chi connectivity index (χ2n) is 8.29. The molecule has 0 aliphatic carbocycles. The van der Waals surface area contributed by atoms with Crippen LogP contribution in [0.1, 0.15) is 24.7 Å². The van der Waals surface area contributed by atoms with Crippen LogP contribution in [0.3, 0.4) is 0 Å². The first-order chi connectivity index (χ1) is 18.5. The molecule has 2 heterocycles. The van der Waals surface area contributed by atoms with Crippen molar-refractivity contribution >= 4 is 17.1 Å². The molecule has 13 heteroatoms. The highest BCUT2D eigenvalue weighted by Crippen LogP contribution is 2.32. The number of nitrogens with zero attached hydrogens (tertiary/aromatic N) is 4. The van der Waals surface area contributed by atoms with E-state index in [4.69, 9.17) is 10.1 Å². The maximum Gasteiger partial charge on any atom is 0.416 e. The van der Waals surface area contributed by atoms with Crippen molar-refractivity contribution in [2.75, 3.05) is 12.4 Å². The number of aromatic nitrogens is 4. The highest BCUT2D eigenvalue weighted by Gasteiger charge is 2.30. The van der Waals surface area contributed by atoms with Crippen LogP contribution < -0.4 is 15.5 Å². The van der Waals surface area contributed by atoms with Gasteiger partial charge in [-0.15, -0.1) is 0 Å². The molecule has 2 aromatic heterocycles. The fourth-order valence-corrected chi connectivity index (χ4v) is 3.68. The second-order valence-corrected chi connectivity index (χ2v) is 8.29. The highest BCUT2D eigenvalue weighted by atomic mass is 19.4. The van der Waals surface area contributed by atoms with Crippen molar-refractivity contribution in [3.63, 3.8) is 0 Å². The summed E-state index contributed by atoms with van der Waals surface area (Å²) >= 11 is 0. The number of halogens is 5. The third-order valence-corrected chi connectivity index (χ3v) is 5.45. The Morgan fingerprint density at radius 2 is 1.90 bits per heavy atom. The smallest absolute Gasteiger partial charge is 0.416 e. The quantitative estimate of drug-likeness (QED) is 0.209. The molecule has 4 rings (SSSR count). The Morgan fingerprint density at radius 3 is 2.54 bits per heavy atom. The zero-order chi connectivity index (χ0) is 28.3. The van der Waals surface area contributed by atoms with Crippen LogP contribution in [0.15, 0.2) is 78.0 Å². The molecule has 202 valence electrons. The number of benzene rings is 2. The average molecular weight is 544 g/mol. The van der Waals surface area contributed by atoms with Gasteiger partial charge in [0, 0.05) is 35.4 Å². The molecule has 0 saturated heterocycles. The lowest BCUT2D eigenvalue weighted by atomic mass is 10.1. The van der Waals surface area contributed by atoms with E-state index in [1.54, 1.807) is 18.2 Å². The summed E-state index contributed by atoms with van der Waals surface area (Å²) in [6, 6.07) is 10.4. The van der Waals surface area contributed by atoms with Gasteiger partial charge < -0.3 is 15.5 Å². The molecule has 0 spiro atoms. The Bertz CT molecular complexity index is 1610. The molecule has 0 bridgehead atoms. The van der Waals surface area contributed by atoms with Crippen molar-refractivity contribution in [2.24, 2.45) is 0 Å². The fraction of sp³-hybridized carbons (Fsp3) is 0.154. The average Bonchev–Trinajstić information content (AvgIpc) is 3.39. The molecule has 2 N–H and O–H groups in total. The van der Waals surface area contributed by atoms with Gasteiger partial charge in [-0.25, -0.2) is 9.36 Å². The van der Waals surface area contributed by atoms with E-state index < -0.39 is 23.7 Å². The van der Waals surface area contributed by atoms with Gasteiger partial charge in [0.25, 0.3) is 0 Å². The number of methoxy groups -OCH3 is 1. The maximum absolute atomic E-state index is 13.2. The molecule has 0 saturated carbocycles. The minimum Gasteiger partial charge on any atom is -0.494 e. The molecule has 0 amide bonds. The van der Waals surface area contributed by atoms with Gasteiger partial charge in [-0.1, -0.05) is 12.1 Å². The van der Waals surface area contributed by atoms with Gasteiger partial charge >= 0.3 is 12.7 Å². The van der Waals surface area contributed by atoms with Crippen LogP contribution in [0.25, 0.3) is 22.5 Å². The topological polar surface area (TPSA) is 97.8 Å². The van der Waals surface area contributed by atoms with Gasteiger partial charge in [0.1, 0.15) is 11.4 Å². The van der Waals surface area contributed by atoms with Crippen LogP contribution in [0.2, 0.25) is 0 Å². The zero-order valence-corrected chi connectivity index (χ0v) is 20.5. The Morgan fingerprint density at radius 1 is 1.13 bits per heavy atom. The predicted octanol–water partition coefficient (Wildman–Crippen LogP) is 6.01. The Balaban J connectivity index is 1.74. The predicted molar refractivity (Wildman–Crippen MR) is 135 cm³/mol. The molecular weight excluding hydrogens is 523 g/mol. The lowest BCUT2D eigenvalue weighted by Gasteiger charge is -2.15. The molecular formula is C26H21F5N6O2. The number of alkyl halides is 5. The van der Waals surface area contributed by atoms with Crippen LogP contribution >= 0.6 is 0 Å². The first-order valence-corrected chi connectivity index (χ1v) is 11.3. The van der Waals surface area contributed by atoms with Gasteiger partial charge in [0.2, 0.25) is 5.43 Å². The Kier molecular flexibility index (Phi) is 7.61.